The van der Waals surface area contributed by atoms with Gasteiger partial charge in [-0.2, -0.15) is 0 Å². The van der Waals surface area contributed by atoms with Gasteiger partial charge in [0.15, 0.2) is 0 Å². The lowest BCUT2D eigenvalue weighted by molar-refractivity contribution is -0.133. The van der Waals surface area contributed by atoms with Crippen LogP contribution in [0.25, 0.3) is 0 Å². The highest BCUT2D eigenvalue weighted by Gasteiger charge is 2.34. The molecule has 1 saturated carbocycles. The molecule has 2 nitrogen and oxygen atoms in total. The van der Waals surface area contributed by atoms with Gasteiger partial charge in [-0.1, -0.05) is 53.9 Å². The molecule has 0 bridgehead atoms. The molecule has 1 aliphatic carbocycles. The van der Waals surface area contributed by atoms with Crippen LogP contribution >= 0.6 is 0 Å². The Bertz CT molecular complexity index is 341. The average molecular weight is 280 g/mol. The lowest BCUT2D eigenvalue weighted by Crippen LogP contribution is -2.32. The number of carbonyl (C=O) groups is 2. The normalized spacial score (nSPS) is 18.1. The maximum absolute atomic E-state index is 12.6. The Morgan fingerprint density at radius 1 is 0.950 bits per heavy atom. The molecule has 0 saturated heterocycles. The smallest absolute Gasteiger partial charge is 0.141 e. The van der Waals surface area contributed by atoms with E-state index in [0.29, 0.717) is 18.0 Å². The molecule has 1 aliphatic rings. The number of rotatable bonds is 6. The highest BCUT2D eigenvalue weighted by molar-refractivity contribution is 5.86. The molecule has 0 N–H and O–H groups in total. The first-order valence-corrected chi connectivity index (χ1v) is 8.22. The first-order valence-electron chi connectivity index (χ1n) is 8.22. The summed E-state index contributed by atoms with van der Waals surface area (Å²) in [5.74, 6) is 1.01. The molecule has 0 aromatic carbocycles. The maximum atomic E-state index is 12.6. The first-order chi connectivity index (χ1) is 9.14. The highest BCUT2D eigenvalue weighted by atomic mass is 16.1. The van der Waals surface area contributed by atoms with E-state index in [4.69, 9.17) is 0 Å². The van der Waals surface area contributed by atoms with Gasteiger partial charge in [-0.15, -0.1) is 0 Å². The highest BCUT2D eigenvalue weighted by Crippen LogP contribution is 2.34. The van der Waals surface area contributed by atoms with Crippen LogP contribution in [-0.4, -0.2) is 11.6 Å². The number of carbonyl (C=O) groups excluding carboxylic acids is 2. The minimum Gasteiger partial charge on any atom is -0.299 e. The van der Waals surface area contributed by atoms with E-state index in [-0.39, 0.29) is 16.7 Å². The summed E-state index contributed by atoms with van der Waals surface area (Å²) in [4.78, 5) is 24.5. The van der Waals surface area contributed by atoms with Gasteiger partial charge in [-0.3, -0.25) is 9.59 Å². The minimum atomic E-state index is -0.264. The largest absolute Gasteiger partial charge is 0.299 e. The third-order valence-corrected chi connectivity index (χ3v) is 4.69. The number of hydrogen-bond acceptors (Lipinski definition) is 2. The van der Waals surface area contributed by atoms with Gasteiger partial charge in [-0.05, 0) is 25.7 Å². The Hall–Kier alpha value is -0.660. The van der Waals surface area contributed by atoms with E-state index in [2.05, 4.69) is 13.8 Å². The number of ketones is 2. The van der Waals surface area contributed by atoms with Crippen molar-refractivity contribution in [2.24, 2.45) is 16.7 Å². The van der Waals surface area contributed by atoms with Crippen LogP contribution in [0.15, 0.2) is 0 Å². The van der Waals surface area contributed by atoms with E-state index in [1.54, 1.807) is 0 Å². The molecular weight excluding hydrogens is 248 g/mol. The minimum absolute atomic E-state index is 0.252. The Labute approximate surface area is 124 Å². The van der Waals surface area contributed by atoms with E-state index in [9.17, 15) is 9.59 Å². The molecule has 20 heavy (non-hydrogen) atoms. The fourth-order valence-corrected chi connectivity index (χ4v) is 3.11. The van der Waals surface area contributed by atoms with Gasteiger partial charge in [0.2, 0.25) is 0 Å². The topological polar surface area (TPSA) is 34.1 Å². The molecule has 0 spiro atoms. The van der Waals surface area contributed by atoms with Gasteiger partial charge in [0, 0.05) is 23.2 Å². The summed E-state index contributed by atoms with van der Waals surface area (Å²) >= 11 is 0. The van der Waals surface area contributed by atoms with Crippen molar-refractivity contribution < 1.29 is 9.59 Å². The molecule has 0 amide bonds. The van der Waals surface area contributed by atoms with Gasteiger partial charge in [0.1, 0.15) is 11.6 Å². The zero-order valence-corrected chi connectivity index (χ0v) is 14.1. The van der Waals surface area contributed by atoms with Gasteiger partial charge in [0.05, 0.1) is 0 Å². The molecule has 2 heteroatoms. The number of hydrogen-bond donors (Lipinski definition) is 0. The summed E-state index contributed by atoms with van der Waals surface area (Å²) in [5, 5.41) is 0. The second kappa shape index (κ2) is 6.87. The molecule has 0 unspecified atom stereocenters. The summed E-state index contributed by atoms with van der Waals surface area (Å²) in [5.41, 5.74) is -0.516. The lowest BCUT2D eigenvalue weighted by Gasteiger charge is -2.30. The van der Waals surface area contributed by atoms with Crippen LogP contribution in [0.4, 0.5) is 0 Å². The van der Waals surface area contributed by atoms with E-state index >= 15 is 0 Å². The van der Waals surface area contributed by atoms with Crippen molar-refractivity contribution in [2.45, 2.75) is 86.0 Å². The molecule has 0 heterocycles. The van der Waals surface area contributed by atoms with Crippen molar-refractivity contribution in [3.8, 4) is 0 Å². The second-order valence-corrected chi connectivity index (χ2v) is 8.11. The van der Waals surface area contributed by atoms with E-state index in [0.717, 1.165) is 25.7 Å². The van der Waals surface area contributed by atoms with Crippen LogP contribution in [0.2, 0.25) is 0 Å². The van der Waals surface area contributed by atoms with Crippen LogP contribution in [-0.2, 0) is 9.59 Å². The van der Waals surface area contributed by atoms with Gasteiger partial charge in [-0.25, -0.2) is 0 Å². The monoisotopic (exact) mass is 280 g/mol. The lowest BCUT2D eigenvalue weighted by atomic mass is 9.72. The SMILES string of the molecule is CC(C)(C)C(=O)CCCC(C)(C)C(=O)C1CCCCC1. The Morgan fingerprint density at radius 2 is 1.50 bits per heavy atom. The maximum Gasteiger partial charge on any atom is 0.141 e. The molecule has 116 valence electrons. The molecule has 0 aliphatic heterocycles. The van der Waals surface area contributed by atoms with Crippen LogP contribution in [0.3, 0.4) is 0 Å². The third kappa shape index (κ3) is 5.03. The fraction of sp³-hybridized carbons (Fsp3) is 0.889. The van der Waals surface area contributed by atoms with Gasteiger partial charge >= 0.3 is 0 Å². The van der Waals surface area contributed by atoms with E-state index in [1.807, 2.05) is 20.8 Å². The molecule has 0 radical (unpaired) electrons. The van der Waals surface area contributed by atoms with Crippen LogP contribution < -0.4 is 0 Å². The molecule has 0 aromatic rings. The zero-order valence-electron chi connectivity index (χ0n) is 14.1. The van der Waals surface area contributed by atoms with Crippen molar-refractivity contribution in [3.63, 3.8) is 0 Å². The van der Waals surface area contributed by atoms with Crippen molar-refractivity contribution in [1.82, 2.24) is 0 Å². The summed E-state index contributed by atoms with van der Waals surface area (Å²) < 4.78 is 0. The van der Waals surface area contributed by atoms with Gasteiger partial charge in [0.25, 0.3) is 0 Å². The molecule has 0 aromatic heterocycles. The Kier molecular flexibility index (Phi) is 5.97. The summed E-state index contributed by atoms with van der Waals surface area (Å²) in [7, 11) is 0. The predicted octanol–water partition coefficient (Wildman–Crippen LogP) is 4.95. The Balaban J connectivity index is 2.44. The number of Topliss-reactive ketones (excluding diaryl/α,β-unsaturated/α-hetero) is 2. The Morgan fingerprint density at radius 3 is 2.00 bits per heavy atom. The quantitative estimate of drug-likeness (QED) is 0.690. The summed E-state index contributed by atoms with van der Waals surface area (Å²) in [6, 6.07) is 0. The molecule has 0 atom stereocenters. The van der Waals surface area contributed by atoms with Crippen LogP contribution in [0.5, 0.6) is 0 Å². The van der Waals surface area contributed by atoms with Crippen molar-refractivity contribution in [1.29, 1.82) is 0 Å². The van der Waals surface area contributed by atoms with Crippen LogP contribution in [0.1, 0.15) is 86.0 Å². The van der Waals surface area contributed by atoms with Gasteiger partial charge < -0.3 is 0 Å². The summed E-state index contributed by atoms with van der Waals surface area (Å²) in [6.45, 7) is 10.0. The van der Waals surface area contributed by atoms with E-state index < -0.39 is 0 Å². The molecule has 1 rings (SSSR count). The van der Waals surface area contributed by atoms with Crippen molar-refractivity contribution in [2.75, 3.05) is 0 Å². The van der Waals surface area contributed by atoms with Crippen molar-refractivity contribution in [3.05, 3.63) is 0 Å². The standard InChI is InChI=1S/C18H32O2/c1-17(2,3)15(19)12-9-13-18(4,5)16(20)14-10-7-6-8-11-14/h14H,6-13H2,1-5H3. The van der Waals surface area contributed by atoms with Crippen molar-refractivity contribution >= 4 is 11.6 Å². The molecule has 1 fully saturated rings. The third-order valence-electron chi connectivity index (χ3n) is 4.69. The predicted molar refractivity (Wildman–Crippen MR) is 83.7 cm³/mol. The second-order valence-electron chi connectivity index (χ2n) is 8.11. The van der Waals surface area contributed by atoms with Crippen LogP contribution in [0, 0.1) is 16.7 Å². The fourth-order valence-electron chi connectivity index (χ4n) is 3.11. The first kappa shape index (κ1) is 17.4. The average Bonchev–Trinajstić information content (AvgIpc) is 2.37. The summed E-state index contributed by atoms with van der Waals surface area (Å²) in [6.07, 6.45) is 8.11. The van der Waals surface area contributed by atoms with E-state index in [1.165, 1.54) is 19.3 Å². The molecular formula is C18H32O2. The zero-order chi connectivity index (χ0) is 15.4.